The molecule has 7 nitrogen and oxygen atoms in total. The van der Waals surface area contributed by atoms with Crippen molar-refractivity contribution in [2.75, 3.05) is 32.6 Å². The Morgan fingerprint density at radius 3 is 2.76 bits per heavy atom. The fraction of sp³-hybridized carbons (Fsp3) is 0.444. The summed E-state index contributed by atoms with van der Waals surface area (Å²) in [7, 11) is 5.10. The van der Waals surface area contributed by atoms with Crippen molar-refractivity contribution in [3.8, 4) is 11.5 Å². The van der Waals surface area contributed by atoms with Crippen LogP contribution in [0.15, 0.2) is 30.5 Å². The summed E-state index contributed by atoms with van der Waals surface area (Å²) in [4.78, 5) is 14.7. The maximum Gasteiger partial charge on any atom is 0.238 e. The zero-order chi connectivity index (χ0) is 17.8. The van der Waals surface area contributed by atoms with E-state index >= 15 is 0 Å². The molecule has 0 spiro atoms. The quantitative estimate of drug-likeness (QED) is 0.870. The molecular weight excluding hydrogens is 320 g/mol. The fourth-order valence-electron chi connectivity index (χ4n) is 3.36. The number of benzene rings is 1. The summed E-state index contributed by atoms with van der Waals surface area (Å²) in [6.07, 6.45) is 3.93. The summed E-state index contributed by atoms with van der Waals surface area (Å²) in [5.41, 5.74) is 1.84. The lowest BCUT2D eigenvalue weighted by Gasteiger charge is -2.24. The Morgan fingerprint density at radius 1 is 1.28 bits per heavy atom. The third-order valence-corrected chi connectivity index (χ3v) is 4.58. The predicted octanol–water partition coefficient (Wildman–Crippen LogP) is 2.21. The molecule has 25 heavy (non-hydrogen) atoms. The molecule has 2 aromatic rings. The first-order valence-electron chi connectivity index (χ1n) is 8.36. The largest absolute Gasteiger partial charge is 0.493 e. The molecule has 0 saturated carbocycles. The highest BCUT2D eigenvalue weighted by Gasteiger charge is 2.29. The third kappa shape index (κ3) is 3.76. The van der Waals surface area contributed by atoms with Crippen molar-refractivity contribution in [3.05, 3.63) is 36.2 Å². The van der Waals surface area contributed by atoms with E-state index in [0.717, 1.165) is 25.1 Å². The number of carbonyl (C=O) groups is 1. The van der Waals surface area contributed by atoms with E-state index in [1.54, 1.807) is 32.5 Å². The number of likely N-dealkylation sites (tertiary alicyclic amines) is 1. The second-order valence-corrected chi connectivity index (χ2v) is 6.13. The highest BCUT2D eigenvalue weighted by atomic mass is 16.5. The average Bonchev–Trinajstić information content (AvgIpc) is 3.23. The van der Waals surface area contributed by atoms with Crippen LogP contribution in [0.2, 0.25) is 0 Å². The van der Waals surface area contributed by atoms with Gasteiger partial charge in [0.2, 0.25) is 5.91 Å². The number of ether oxygens (including phenoxy) is 2. The maximum absolute atomic E-state index is 12.5. The van der Waals surface area contributed by atoms with Crippen LogP contribution < -0.4 is 14.8 Å². The molecule has 7 heteroatoms. The minimum Gasteiger partial charge on any atom is -0.493 e. The second kappa shape index (κ2) is 7.57. The number of carbonyl (C=O) groups excluding carboxylic acids is 1. The van der Waals surface area contributed by atoms with Crippen molar-refractivity contribution < 1.29 is 14.3 Å². The van der Waals surface area contributed by atoms with E-state index in [2.05, 4.69) is 15.3 Å². The number of methoxy groups -OCH3 is 2. The van der Waals surface area contributed by atoms with Crippen LogP contribution in [0, 0.1) is 0 Å². The monoisotopic (exact) mass is 344 g/mol. The number of nitrogens with zero attached hydrogens (tertiary/aromatic N) is 3. The van der Waals surface area contributed by atoms with Crippen molar-refractivity contribution >= 4 is 11.6 Å². The summed E-state index contributed by atoms with van der Waals surface area (Å²) in [5, 5.41) is 7.18. The van der Waals surface area contributed by atoms with Crippen molar-refractivity contribution in [1.29, 1.82) is 0 Å². The van der Waals surface area contributed by atoms with E-state index in [9.17, 15) is 4.79 Å². The maximum atomic E-state index is 12.5. The third-order valence-electron chi connectivity index (χ3n) is 4.58. The van der Waals surface area contributed by atoms with Crippen LogP contribution >= 0.6 is 0 Å². The Hall–Kier alpha value is -2.54. The average molecular weight is 344 g/mol. The summed E-state index contributed by atoms with van der Waals surface area (Å²) in [6, 6.07) is 7.61. The molecule has 1 aromatic carbocycles. The highest BCUT2D eigenvalue weighted by molar-refractivity contribution is 5.92. The number of hydrogen-bond donors (Lipinski definition) is 1. The molecule has 3 rings (SSSR count). The first-order chi connectivity index (χ1) is 12.1. The molecule has 1 fully saturated rings. The first-order valence-corrected chi connectivity index (χ1v) is 8.36. The van der Waals surface area contributed by atoms with Crippen LogP contribution in [-0.2, 0) is 11.8 Å². The van der Waals surface area contributed by atoms with Crippen molar-refractivity contribution in [1.82, 2.24) is 14.7 Å². The Balaban J connectivity index is 1.65. The smallest absolute Gasteiger partial charge is 0.238 e. The molecule has 1 saturated heterocycles. The normalized spacial score (nSPS) is 17.5. The SMILES string of the molecule is COc1ccc(NC(=O)CN2CCCC2c2ccnn2C)cc1OC. The summed E-state index contributed by atoms with van der Waals surface area (Å²) < 4.78 is 12.4. The second-order valence-electron chi connectivity index (χ2n) is 6.13. The number of rotatable bonds is 6. The van der Waals surface area contributed by atoms with E-state index in [1.165, 1.54) is 0 Å². The van der Waals surface area contributed by atoms with Crippen LogP contribution in [-0.4, -0.2) is 47.9 Å². The Labute approximate surface area is 147 Å². The molecule has 0 aliphatic carbocycles. The van der Waals surface area contributed by atoms with Gasteiger partial charge in [-0.25, -0.2) is 0 Å². The van der Waals surface area contributed by atoms with Gasteiger partial charge in [0.25, 0.3) is 0 Å². The Kier molecular flexibility index (Phi) is 5.23. The molecule has 1 aliphatic rings. The van der Waals surface area contributed by atoms with E-state index < -0.39 is 0 Å². The van der Waals surface area contributed by atoms with Crippen LogP contribution in [0.25, 0.3) is 0 Å². The number of aryl methyl sites for hydroxylation is 1. The summed E-state index contributed by atoms with van der Waals surface area (Å²) in [6.45, 7) is 1.26. The van der Waals surface area contributed by atoms with Gasteiger partial charge in [0.1, 0.15) is 0 Å². The highest BCUT2D eigenvalue weighted by Crippen LogP contribution is 2.32. The van der Waals surface area contributed by atoms with Crippen LogP contribution in [0.1, 0.15) is 24.6 Å². The number of amides is 1. The van der Waals surface area contributed by atoms with Gasteiger partial charge in [-0.3, -0.25) is 14.4 Å². The number of anilines is 1. The fourth-order valence-corrected chi connectivity index (χ4v) is 3.36. The molecule has 1 unspecified atom stereocenters. The van der Waals surface area contributed by atoms with Crippen molar-refractivity contribution in [3.63, 3.8) is 0 Å². The van der Waals surface area contributed by atoms with E-state index in [-0.39, 0.29) is 11.9 Å². The predicted molar refractivity (Wildman–Crippen MR) is 94.9 cm³/mol. The lowest BCUT2D eigenvalue weighted by Crippen LogP contribution is -2.33. The van der Waals surface area contributed by atoms with Gasteiger partial charge in [-0.05, 0) is 37.6 Å². The zero-order valence-electron chi connectivity index (χ0n) is 14.9. The standard InChI is InChI=1S/C18H24N4O3/c1-21-14(8-9-19-21)15-5-4-10-22(15)12-18(23)20-13-6-7-16(24-2)17(11-13)25-3/h6-9,11,15H,4-5,10,12H2,1-3H3,(H,20,23). The van der Waals surface area contributed by atoms with Gasteiger partial charge in [-0.2, -0.15) is 5.10 Å². The topological polar surface area (TPSA) is 68.6 Å². The lowest BCUT2D eigenvalue weighted by atomic mass is 10.1. The summed E-state index contributed by atoms with van der Waals surface area (Å²) >= 11 is 0. The molecule has 134 valence electrons. The molecule has 1 amide bonds. The Morgan fingerprint density at radius 2 is 2.08 bits per heavy atom. The number of aromatic nitrogens is 2. The van der Waals surface area contributed by atoms with Gasteiger partial charge in [-0.15, -0.1) is 0 Å². The molecule has 2 heterocycles. The number of hydrogen-bond acceptors (Lipinski definition) is 5. The van der Waals surface area contributed by atoms with Crippen LogP contribution in [0.4, 0.5) is 5.69 Å². The van der Waals surface area contributed by atoms with Gasteiger partial charge in [0.15, 0.2) is 11.5 Å². The molecule has 1 N–H and O–H groups in total. The molecule has 1 aliphatic heterocycles. The van der Waals surface area contributed by atoms with E-state index in [1.807, 2.05) is 23.9 Å². The lowest BCUT2D eigenvalue weighted by molar-refractivity contribution is -0.117. The van der Waals surface area contributed by atoms with Gasteiger partial charge in [0, 0.05) is 25.0 Å². The van der Waals surface area contributed by atoms with Crippen molar-refractivity contribution in [2.45, 2.75) is 18.9 Å². The minimum atomic E-state index is -0.0405. The van der Waals surface area contributed by atoms with Gasteiger partial charge in [0.05, 0.1) is 32.5 Å². The Bertz CT molecular complexity index is 744. The minimum absolute atomic E-state index is 0.0405. The molecule has 0 radical (unpaired) electrons. The first kappa shape index (κ1) is 17.3. The number of nitrogens with one attached hydrogen (secondary N) is 1. The van der Waals surface area contributed by atoms with E-state index in [0.29, 0.717) is 23.7 Å². The van der Waals surface area contributed by atoms with Gasteiger partial charge >= 0.3 is 0 Å². The van der Waals surface area contributed by atoms with Crippen molar-refractivity contribution in [2.24, 2.45) is 7.05 Å². The zero-order valence-corrected chi connectivity index (χ0v) is 14.9. The van der Waals surface area contributed by atoms with Crippen LogP contribution in [0.3, 0.4) is 0 Å². The molecule has 1 aromatic heterocycles. The van der Waals surface area contributed by atoms with E-state index in [4.69, 9.17) is 9.47 Å². The molecular formula is C18H24N4O3. The molecule has 1 atom stereocenters. The van der Waals surface area contributed by atoms with Crippen LogP contribution in [0.5, 0.6) is 11.5 Å². The molecule has 0 bridgehead atoms. The summed E-state index contributed by atoms with van der Waals surface area (Å²) in [5.74, 6) is 1.19. The van der Waals surface area contributed by atoms with Gasteiger partial charge in [-0.1, -0.05) is 0 Å². The van der Waals surface area contributed by atoms with Gasteiger partial charge < -0.3 is 14.8 Å².